The summed E-state index contributed by atoms with van der Waals surface area (Å²) in [4.78, 5) is 26.5. The number of rotatable bonds is 12. The highest BCUT2D eigenvalue weighted by Crippen LogP contribution is 2.42. The van der Waals surface area contributed by atoms with E-state index in [0.717, 1.165) is 77.8 Å². The first-order valence-corrected chi connectivity index (χ1v) is 19.8. The molecule has 1 aromatic heterocycles. The van der Waals surface area contributed by atoms with Gasteiger partial charge in [0, 0.05) is 68.8 Å². The van der Waals surface area contributed by atoms with Crippen LogP contribution in [0.4, 0.5) is 16.4 Å². The fourth-order valence-corrected chi connectivity index (χ4v) is 7.53. The summed E-state index contributed by atoms with van der Waals surface area (Å²) >= 11 is 0. The number of hydrogen-bond acceptors (Lipinski definition) is 9. The van der Waals surface area contributed by atoms with E-state index in [1.165, 1.54) is 0 Å². The summed E-state index contributed by atoms with van der Waals surface area (Å²) in [7, 11) is 0. The third kappa shape index (κ3) is 9.53. The van der Waals surface area contributed by atoms with E-state index in [2.05, 4.69) is 79.8 Å². The Morgan fingerprint density at radius 3 is 2.16 bits per heavy atom. The second-order valence-electron chi connectivity index (χ2n) is 14.7. The minimum atomic E-state index is -0.573. The topological polar surface area (TPSA) is 121 Å². The van der Waals surface area contributed by atoms with Gasteiger partial charge in [0.1, 0.15) is 11.5 Å². The van der Waals surface area contributed by atoms with Crippen molar-refractivity contribution in [1.29, 1.82) is 0 Å². The third-order valence-electron chi connectivity index (χ3n) is 10.8. The van der Waals surface area contributed by atoms with Crippen LogP contribution in [0.3, 0.4) is 0 Å². The molecular weight excluding hydrogens is 729 g/mol. The Morgan fingerprint density at radius 2 is 1.43 bits per heavy atom. The van der Waals surface area contributed by atoms with Gasteiger partial charge in [-0.25, -0.2) is 14.8 Å². The molecule has 0 aliphatic carbocycles. The normalized spacial score (nSPS) is 19.7. The molecule has 11 heteroatoms. The molecule has 6 aromatic rings. The molecule has 296 valence electrons. The lowest BCUT2D eigenvalue weighted by Gasteiger charge is -2.44. The number of amides is 2. The standard InChI is InChI=1S/C47H48N6O5/c1-33-43(31-52-26-28-53(29-27-52)46-48-24-7-25-49-46)57-45(58-44(33)36-14-12-34(32-54)13-15-36)37-18-16-35(17-19-37)42-11-6-5-8-38(42)30-50-47(55)51-39-20-22-41(23-21-39)56-40-9-3-2-4-10-40/h2-25,33,43-45,54H,26-32H2,1H3,(H2,50,51,55)/t33-,43+,44+,45+/m1/s1. The van der Waals surface area contributed by atoms with Gasteiger partial charge in [-0.1, -0.05) is 97.9 Å². The van der Waals surface area contributed by atoms with Crippen molar-refractivity contribution < 1.29 is 24.1 Å². The van der Waals surface area contributed by atoms with Crippen molar-refractivity contribution in [1.82, 2.24) is 20.2 Å². The Hall–Kier alpha value is -6.11. The number of aliphatic hydroxyl groups is 1. The monoisotopic (exact) mass is 776 g/mol. The number of hydrogen-bond donors (Lipinski definition) is 3. The van der Waals surface area contributed by atoms with Gasteiger partial charge in [0.2, 0.25) is 5.95 Å². The zero-order valence-corrected chi connectivity index (χ0v) is 32.5. The lowest BCUT2D eigenvalue weighted by Crippen LogP contribution is -2.51. The number of carbonyl (C=O) groups excluding carboxylic acids is 1. The van der Waals surface area contributed by atoms with Crippen molar-refractivity contribution in [2.45, 2.75) is 38.6 Å². The van der Waals surface area contributed by atoms with E-state index in [1.54, 1.807) is 12.4 Å². The first-order chi connectivity index (χ1) is 28.5. The molecule has 11 nitrogen and oxygen atoms in total. The second kappa shape index (κ2) is 18.4. The van der Waals surface area contributed by atoms with Crippen molar-refractivity contribution in [2.24, 2.45) is 5.92 Å². The first-order valence-electron chi connectivity index (χ1n) is 19.8. The first kappa shape index (κ1) is 38.7. The molecule has 4 atom stereocenters. The predicted molar refractivity (Wildman–Crippen MR) is 224 cm³/mol. The van der Waals surface area contributed by atoms with Crippen molar-refractivity contribution >= 4 is 17.7 Å². The van der Waals surface area contributed by atoms with Gasteiger partial charge in [0.05, 0.1) is 18.8 Å². The number of anilines is 2. The molecule has 5 aromatic carbocycles. The SMILES string of the molecule is C[C@@H]1[C@H](CN2CCN(c3ncccn3)CC2)O[C@H](c2ccc(-c3ccccc3CNC(=O)Nc3ccc(Oc4ccccc4)cc3)cc2)O[C@@H]1c1ccc(CO)cc1. The van der Waals surface area contributed by atoms with Crippen LogP contribution in [0.25, 0.3) is 11.1 Å². The third-order valence-corrected chi connectivity index (χ3v) is 10.8. The summed E-state index contributed by atoms with van der Waals surface area (Å²) in [5, 5.41) is 15.6. The van der Waals surface area contributed by atoms with Gasteiger partial charge in [-0.05, 0) is 70.3 Å². The summed E-state index contributed by atoms with van der Waals surface area (Å²) in [6.07, 6.45) is 2.72. The molecule has 2 fully saturated rings. The quantitative estimate of drug-likeness (QED) is 0.113. The number of ether oxygens (including phenoxy) is 3. The minimum Gasteiger partial charge on any atom is -0.457 e. The predicted octanol–water partition coefficient (Wildman–Crippen LogP) is 8.36. The number of aliphatic hydroxyl groups excluding tert-OH is 1. The number of urea groups is 1. The number of nitrogens with one attached hydrogen (secondary N) is 2. The van der Waals surface area contributed by atoms with Crippen LogP contribution in [0.1, 0.15) is 41.6 Å². The van der Waals surface area contributed by atoms with Gasteiger partial charge in [0.25, 0.3) is 0 Å². The van der Waals surface area contributed by atoms with E-state index < -0.39 is 6.29 Å². The highest BCUT2D eigenvalue weighted by molar-refractivity contribution is 5.89. The van der Waals surface area contributed by atoms with E-state index in [-0.39, 0.29) is 30.8 Å². The van der Waals surface area contributed by atoms with Gasteiger partial charge in [-0.15, -0.1) is 0 Å². The molecule has 0 bridgehead atoms. The molecule has 2 aliphatic heterocycles. The lowest BCUT2D eigenvalue weighted by atomic mass is 9.89. The smallest absolute Gasteiger partial charge is 0.319 e. The Labute approximate surface area is 339 Å². The number of carbonyl (C=O) groups is 1. The number of aromatic nitrogens is 2. The maximum Gasteiger partial charge on any atom is 0.319 e. The Kier molecular flexibility index (Phi) is 12.3. The van der Waals surface area contributed by atoms with E-state index in [0.29, 0.717) is 18.0 Å². The summed E-state index contributed by atoms with van der Waals surface area (Å²) in [5.41, 5.74) is 6.55. The average Bonchev–Trinajstić information content (AvgIpc) is 3.28. The molecule has 0 unspecified atom stereocenters. The van der Waals surface area contributed by atoms with Crippen molar-refractivity contribution in [3.05, 3.63) is 168 Å². The number of benzene rings is 5. The molecule has 2 amide bonds. The highest BCUT2D eigenvalue weighted by Gasteiger charge is 2.39. The van der Waals surface area contributed by atoms with Gasteiger partial charge >= 0.3 is 6.03 Å². The number of para-hydroxylation sites is 1. The zero-order valence-electron chi connectivity index (χ0n) is 32.5. The summed E-state index contributed by atoms with van der Waals surface area (Å²) < 4.78 is 19.4. The van der Waals surface area contributed by atoms with Crippen LogP contribution in [0.2, 0.25) is 0 Å². The van der Waals surface area contributed by atoms with Crippen LogP contribution in [-0.4, -0.2) is 64.8 Å². The van der Waals surface area contributed by atoms with Crippen LogP contribution in [0.5, 0.6) is 11.5 Å². The van der Waals surface area contributed by atoms with Gasteiger partial charge in [-0.3, -0.25) is 4.90 Å². The fourth-order valence-electron chi connectivity index (χ4n) is 7.53. The molecule has 8 rings (SSSR count). The van der Waals surface area contributed by atoms with E-state index in [9.17, 15) is 9.90 Å². The largest absolute Gasteiger partial charge is 0.457 e. The van der Waals surface area contributed by atoms with Crippen LogP contribution >= 0.6 is 0 Å². The average molecular weight is 777 g/mol. The van der Waals surface area contributed by atoms with Crippen LogP contribution in [0, 0.1) is 5.92 Å². The van der Waals surface area contributed by atoms with E-state index in [4.69, 9.17) is 14.2 Å². The van der Waals surface area contributed by atoms with Crippen LogP contribution < -0.4 is 20.3 Å². The summed E-state index contributed by atoms with van der Waals surface area (Å²) in [6, 6.07) is 42.8. The maximum atomic E-state index is 12.9. The number of nitrogens with zero attached hydrogens (tertiary/aromatic N) is 4. The lowest BCUT2D eigenvalue weighted by molar-refractivity contribution is -0.276. The molecule has 58 heavy (non-hydrogen) atoms. The van der Waals surface area contributed by atoms with Gasteiger partial charge < -0.3 is 34.9 Å². The molecule has 3 N–H and O–H groups in total. The minimum absolute atomic E-state index is 0.00502. The summed E-state index contributed by atoms with van der Waals surface area (Å²) in [6.45, 7) is 6.77. The summed E-state index contributed by atoms with van der Waals surface area (Å²) in [5.74, 6) is 2.28. The molecule has 0 saturated carbocycles. The van der Waals surface area contributed by atoms with E-state index >= 15 is 0 Å². The molecule has 0 spiro atoms. The molecule has 0 radical (unpaired) electrons. The Balaban J connectivity index is 0.923. The zero-order chi connectivity index (χ0) is 39.7. The maximum absolute atomic E-state index is 12.9. The van der Waals surface area contributed by atoms with Crippen LogP contribution in [0.15, 0.2) is 146 Å². The van der Waals surface area contributed by atoms with Crippen molar-refractivity contribution in [2.75, 3.05) is 42.9 Å². The van der Waals surface area contributed by atoms with E-state index in [1.807, 2.05) is 91.0 Å². The van der Waals surface area contributed by atoms with Crippen molar-refractivity contribution in [3.8, 4) is 22.6 Å². The molecule has 3 heterocycles. The van der Waals surface area contributed by atoms with Crippen molar-refractivity contribution in [3.63, 3.8) is 0 Å². The second-order valence-corrected chi connectivity index (χ2v) is 14.7. The van der Waals surface area contributed by atoms with Crippen LogP contribution in [-0.2, 0) is 22.6 Å². The Morgan fingerprint density at radius 1 is 0.759 bits per heavy atom. The molecular formula is C47H48N6O5. The van der Waals surface area contributed by atoms with Gasteiger partial charge in [0.15, 0.2) is 6.29 Å². The van der Waals surface area contributed by atoms with Gasteiger partial charge in [-0.2, -0.15) is 0 Å². The number of piperazine rings is 1. The molecule has 2 aliphatic rings. The Bertz CT molecular complexity index is 2220. The highest BCUT2D eigenvalue weighted by atomic mass is 16.7. The molecule has 2 saturated heterocycles. The fraction of sp³-hybridized carbons (Fsp3) is 0.255.